The molecular formula is C15H15BrN2O. The van der Waals surface area contributed by atoms with E-state index in [1.807, 2.05) is 12.1 Å². The third kappa shape index (κ3) is 2.63. The molecule has 1 aliphatic rings. The molecule has 0 spiro atoms. The highest BCUT2D eigenvalue weighted by Crippen LogP contribution is 2.41. The first-order chi connectivity index (χ1) is 9.15. The van der Waals surface area contributed by atoms with Crippen molar-refractivity contribution in [3.63, 3.8) is 0 Å². The Labute approximate surface area is 120 Å². The lowest BCUT2D eigenvalue weighted by atomic mass is 10.1. The van der Waals surface area contributed by atoms with Crippen molar-refractivity contribution in [3.05, 3.63) is 61.7 Å². The smallest absolute Gasteiger partial charge is 0.265 e. The highest BCUT2D eigenvalue weighted by Gasteiger charge is 2.28. The van der Waals surface area contributed by atoms with Crippen molar-refractivity contribution >= 4 is 15.9 Å². The molecule has 0 amide bonds. The maximum Gasteiger partial charge on any atom is 0.265 e. The second kappa shape index (κ2) is 4.93. The molecule has 1 N–H and O–H groups in total. The molecule has 1 aromatic carbocycles. The van der Waals surface area contributed by atoms with Gasteiger partial charge in [0.2, 0.25) is 0 Å². The second-order valence-electron chi connectivity index (χ2n) is 5.09. The van der Waals surface area contributed by atoms with Gasteiger partial charge in [0.05, 0.1) is 5.69 Å². The van der Waals surface area contributed by atoms with Crippen molar-refractivity contribution in [3.8, 4) is 0 Å². The Bertz CT molecular complexity index is 674. The number of hydrogen-bond donors (Lipinski definition) is 1. The lowest BCUT2D eigenvalue weighted by Crippen LogP contribution is -2.15. The molecule has 1 heterocycles. The summed E-state index contributed by atoms with van der Waals surface area (Å²) < 4.78 is 0.600. The number of halogens is 1. The monoisotopic (exact) mass is 318 g/mol. The molecule has 1 aromatic heterocycles. The van der Waals surface area contributed by atoms with E-state index in [0.717, 1.165) is 24.4 Å². The van der Waals surface area contributed by atoms with Gasteiger partial charge in [-0.15, -0.1) is 0 Å². The van der Waals surface area contributed by atoms with E-state index >= 15 is 0 Å². The normalized spacial score (nSPS) is 14.6. The molecule has 1 saturated carbocycles. The highest BCUT2D eigenvalue weighted by atomic mass is 79.9. The molecule has 3 rings (SSSR count). The molecule has 4 heteroatoms. The fourth-order valence-corrected chi connectivity index (χ4v) is 2.74. The van der Waals surface area contributed by atoms with Crippen molar-refractivity contribution in [2.45, 2.75) is 32.1 Å². The van der Waals surface area contributed by atoms with E-state index in [1.165, 1.54) is 11.1 Å². The van der Waals surface area contributed by atoms with Gasteiger partial charge in [0.1, 0.15) is 10.3 Å². The summed E-state index contributed by atoms with van der Waals surface area (Å²) in [5, 5.41) is 0. The van der Waals surface area contributed by atoms with Crippen molar-refractivity contribution in [1.29, 1.82) is 0 Å². The van der Waals surface area contributed by atoms with Gasteiger partial charge in [0.15, 0.2) is 0 Å². The average molecular weight is 319 g/mol. The number of aromatic nitrogens is 2. The second-order valence-corrected chi connectivity index (χ2v) is 5.88. The maximum absolute atomic E-state index is 11.9. The Balaban J connectivity index is 1.97. The summed E-state index contributed by atoms with van der Waals surface area (Å²) in [7, 11) is 0. The van der Waals surface area contributed by atoms with E-state index in [4.69, 9.17) is 0 Å². The number of rotatable bonds is 3. The minimum absolute atomic E-state index is 0.0690. The number of aryl methyl sites for hydroxylation is 1. The standard InChI is InChI=1S/C15H15BrN2O/c1-9-4-2-3-5-11(9)8-12-17-14(10-6-7-10)13(16)15(19)18-12/h2-5,10H,6-8H2,1H3,(H,17,18,19). The third-order valence-corrected chi connectivity index (χ3v) is 4.29. The van der Waals surface area contributed by atoms with Gasteiger partial charge >= 0.3 is 0 Å². The van der Waals surface area contributed by atoms with Crippen LogP contribution in [0.4, 0.5) is 0 Å². The Kier molecular flexibility index (Phi) is 3.27. The summed E-state index contributed by atoms with van der Waals surface area (Å²) in [6.07, 6.45) is 2.95. The average Bonchev–Trinajstić information content (AvgIpc) is 3.20. The molecule has 98 valence electrons. The van der Waals surface area contributed by atoms with Crippen LogP contribution >= 0.6 is 15.9 Å². The third-order valence-electron chi connectivity index (χ3n) is 3.52. The zero-order valence-electron chi connectivity index (χ0n) is 10.7. The van der Waals surface area contributed by atoms with Crippen LogP contribution in [0.5, 0.6) is 0 Å². The van der Waals surface area contributed by atoms with Gasteiger partial charge in [0, 0.05) is 12.3 Å². The van der Waals surface area contributed by atoms with Crippen molar-refractivity contribution < 1.29 is 0 Å². The van der Waals surface area contributed by atoms with Crippen LogP contribution in [0.1, 0.15) is 41.4 Å². The van der Waals surface area contributed by atoms with Crippen LogP contribution < -0.4 is 5.56 Å². The Morgan fingerprint density at radius 1 is 1.37 bits per heavy atom. The molecule has 0 aliphatic heterocycles. The fraction of sp³-hybridized carbons (Fsp3) is 0.333. The molecular weight excluding hydrogens is 304 g/mol. The van der Waals surface area contributed by atoms with Crippen LogP contribution in [0.25, 0.3) is 0 Å². The first kappa shape index (κ1) is 12.6. The number of benzene rings is 1. The zero-order chi connectivity index (χ0) is 13.4. The number of hydrogen-bond acceptors (Lipinski definition) is 2. The number of nitrogens with zero attached hydrogens (tertiary/aromatic N) is 1. The van der Waals surface area contributed by atoms with E-state index in [-0.39, 0.29) is 5.56 Å². The largest absolute Gasteiger partial charge is 0.309 e. The Morgan fingerprint density at radius 2 is 2.11 bits per heavy atom. The van der Waals surface area contributed by atoms with Crippen LogP contribution in [-0.4, -0.2) is 9.97 Å². The predicted octanol–water partition coefficient (Wildman–Crippen LogP) is 3.31. The minimum atomic E-state index is -0.0690. The topological polar surface area (TPSA) is 45.8 Å². The SMILES string of the molecule is Cc1ccccc1Cc1nc(C2CC2)c(Br)c(=O)[nH]1. The maximum atomic E-state index is 11.9. The molecule has 1 fully saturated rings. The molecule has 0 bridgehead atoms. The molecule has 0 unspecified atom stereocenters. The van der Waals surface area contributed by atoms with Crippen LogP contribution in [0.3, 0.4) is 0 Å². The van der Waals surface area contributed by atoms with E-state index in [2.05, 4.69) is 45.0 Å². The van der Waals surface area contributed by atoms with Crippen LogP contribution in [0.15, 0.2) is 33.5 Å². The molecule has 1 aliphatic carbocycles. The van der Waals surface area contributed by atoms with Crippen LogP contribution in [-0.2, 0) is 6.42 Å². The number of aromatic amines is 1. The predicted molar refractivity (Wildman–Crippen MR) is 78.5 cm³/mol. The van der Waals surface area contributed by atoms with E-state index in [9.17, 15) is 4.79 Å². The van der Waals surface area contributed by atoms with E-state index in [1.54, 1.807) is 0 Å². The van der Waals surface area contributed by atoms with Crippen molar-refractivity contribution in [2.75, 3.05) is 0 Å². The highest BCUT2D eigenvalue weighted by molar-refractivity contribution is 9.10. The van der Waals surface area contributed by atoms with Gasteiger partial charge in [0.25, 0.3) is 5.56 Å². The first-order valence-electron chi connectivity index (χ1n) is 6.48. The quantitative estimate of drug-likeness (QED) is 0.943. The van der Waals surface area contributed by atoms with Gasteiger partial charge in [-0.2, -0.15) is 0 Å². The fourth-order valence-electron chi connectivity index (χ4n) is 2.22. The van der Waals surface area contributed by atoms with Gasteiger partial charge in [-0.05, 0) is 46.8 Å². The number of nitrogens with one attached hydrogen (secondary N) is 1. The molecule has 0 atom stereocenters. The summed E-state index contributed by atoms with van der Waals surface area (Å²) in [4.78, 5) is 19.4. The van der Waals surface area contributed by atoms with Crippen LogP contribution in [0, 0.1) is 6.92 Å². The summed E-state index contributed by atoms with van der Waals surface area (Å²) in [6, 6.07) is 8.19. The lowest BCUT2D eigenvalue weighted by molar-refractivity contribution is 0.868. The molecule has 0 radical (unpaired) electrons. The van der Waals surface area contributed by atoms with E-state index < -0.39 is 0 Å². The van der Waals surface area contributed by atoms with Gasteiger partial charge < -0.3 is 4.98 Å². The summed E-state index contributed by atoms with van der Waals surface area (Å²) in [5.74, 6) is 1.22. The van der Waals surface area contributed by atoms with Crippen LogP contribution in [0.2, 0.25) is 0 Å². The summed E-state index contributed by atoms with van der Waals surface area (Å²) >= 11 is 3.35. The summed E-state index contributed by atoms with van der Waals surface area (Å²) in [6.45, 7) is 2.08. The molecule has 3 nitrogen and oxygen atoms in total. The Hall–Kier alpha value is -1.42. The number of H-pyrrole nitrogens is 1. The molecule has 2 aromatic rings. The molecule has 0 saturated heterocycles. The van der Waals surface area contributed by atoms with Gasteiger partial charge in [-0.3, -0.25) is 4.79 Å². The first-order valence-corrected chi connectivity index (χ1v) is 7.27. The Morgan fingerprint density at radius 3 is 2.79 bits per heavy atom. The van der Waals surface area contributed by atoms with Gasteiger partial charge in [-0.25, -0.2) is 4.98 Å². The lowest BCUT2D eigenvalue weighted by Gasteiger charge is -2.07. The summed E-state index contributed by atoms with van der Waals surface area (Å²) in [5.41, 5.74) is 3.28. The minimum Gasteiger partial charge on any atom is -0.309 e. The van der Waals surface area contributed by atoms with Crippen molar-refractivity contribution in [2.24, 2.45) is 0 Å². The molecule has 19 heavy (non-hydrogen) atoms. The van der Waals surface area contributed by atoms with Crippen molar-refractivity contribution in [1.82, 2.24) is 9.97 Å². The zero-order valence-corrected chi connectivity index (χ0v) is 12.3. The van der Waals surface area contributed by atoms with E-state index in [0.29, 0.717) is 16.8 Å². The van der Waals surface area contributed by atoms with Gasteiger partial charge in [-0.1, -0.05) is 24.3 Å².